The second kappa shape index (κ2) is 57.4. The van der Waals surface area contributed by atoms with Crippen LogP contribution in [0.1, 0.15) is 252 Å². The van der Waals surface area contributed by atoms with Crippen LogP contribution in [0, 0.1) is 0 Å². The Bertz CT molecular complexity index is 1780. The van der Waals surface area contributed by atoms with Crippen molar-refractivity contribution in [2.24, 2.45) is 0 Å². The molecular formula is C63H112O16P2. The molecule has 0 spiro atoms. The van der Waals surface area contributed by atoms with E-state index in [9.17, 15) is 43.5 Å². The molecule has 0 fully saturated rings. The van der Waals surface area contributed by atoms with E-state index in [0.717, 1.165) is 135 Å². The number of allylic oxidation sites excluding steroid dienone is 12. The van der Waals surface area contributed by atoms with Gasteiger partial charge in [0.2, 0.25) is 0 Å². The molecule has 0 saturated heterocycles. The van der Waals surface area contributed by atoms with Crippen LogP contribution in [0.5, 0.6) is 0 Å². The minimum atomic E-state index is -4.92. The smallest absolute Gasteiger partial charge is 0.463 e. The largest absolute Gasteiger partial charge is 0.472 e. The summed E-state index contributed by atoms with van der Waals surface area (Å²) in [6.07, 6.45) is 56.7. The van der Waals surface area contributed by atoms with Gasteiger partial charge in [0.05, 0.1) is 26.4 Å². The van der Waals surface area contributed by atoms with E-state index in [1.54, 1.807) is 0 Å². The highest BCUT2D eigenvalue weighted by Gasteiger charge is 2.29. The van der Waals surface area contributed by atoms with Crippen LogP contribution < -0.4 is 0 Å². The molecule has 5 atom stereocenters. The molecule has 0 aliphatic heterocycles. The second-order valence-electron chi connectivity index (χ2n) is 20.8. The first-order valence-corrected chi connectivity index (χ1v) is 34.2. The van der Waals surface area contributed by atoms with E-state index >= 15 is 0 Å². The van der Waals surface area contributed by atoms with Crippen molar-refractivity contribution < 1.29 is 75.8 Å². The zero-order chi connectivity index (χ0) is 59.6. The highest BCUT2D eigenvalue weighted by molar-refractivity contribution is 7.47. The van der Waals surface area contributed by atoms with Gasteiger partial charge < -0.3 is 34.2 Å². The average Bonchev–Trinajstić information content (AvgIpc) is 3.45. The van der Waals surface area contributed by atoms with Crippen molar-refractivity contribution in [2.75, 3.05) is 39.6 Å². The van der Waals surface area contributed by atoms with Crippen molar-refractivity contribution in [2.45, 2.75) is 270 Å². The number of carbonyl (C=O) groups is 3. The summed E-state index contributed by atoms with van der Waals surface area (Å²) in [4.78, 5) is 58.1. The maximum atomic E-state index is 12.9. The zero-order valence-corrected chi connectivity index (χ0v) is 52.2. The van der Waals surface area contributed by atoms with Crippen molar-refractivity contribution in [3.05, 3.63) is 72.9 Å². The molecule has 18 heteroatoms. The summed E-state index contributed by atoms with van der Waals surface area (Å²) in [5.74, 6) is -1.62. The number of unbranched alkanes of at least 4 members (excludes halogenated alkanes) is 24. The lowest BCUT2D eigenvalue weighted by Crippen LogP contribution is -2.30. The molecule has 81 heavy (non-hydrogen) atoms. The van der Waals surface area contributed by atoms with Crippen molar-refractivity contribution in [3.8, 4) is 0 Å². The molecule has 5 unspecified atom stereocenters. The van der Waals surface area contributed by atoms with E-state index in [1.807, 2.05) is 0 Å². The van der Waals surface area contributed by atoms with Crippen molar-refractivity contribution in [3.63, 3.8) is 0 Å². The third-order valence-corrected chi connectivity index (χ3v) is 14.8. The summed E-state index contributed by atoms with van der Waals surface area (Å²) in [5, 5.41) is 20.5. The molecule has 0 aromatic carbocycles. The molecule has 0 aromatic heterocycles. The Hall–Kier alpha value is -3.01. The molecule has 470 valence electrons. The van der Waals surface area contributed by atoms with Gasteiger partial charge in [-0.3, -0.25) is 32.5 Å². The predicted octanol–water partition coefficient (Wildman–Crippen LogP) is 16.4. The zero-order valence-electron chi connectivity index (χ0n) is 50.4. The lowest BCUT2D eigenvalue weighted by atomic mass is 10.1. The molecule has 0 radical (unpaired) electrons. The third kappa shape index (κ3) is 58.6. The van der Waals surface area contributed by atoms with Gasteiger partial charge in [0.15, 0.2) is 6.10 Å². The van der Waals surface area contributed by atoms with E-state index < -0.39 is 91.5 Å². The number of rotatable bonds is 59. The number of phosphoric acid groups is 2. The van der Waals surface area contributed by atoms with Crippen molar-refractivity contribution in [1.29, 1.82) is 0 Å². The van der Waals surface area contributed by atoms with Crippen LogP contribution in [0.15, 0.2) is 72.9 Å². The van der Waals surface area contributed by atoms with Crippen LogP contribution in [-0.4, -0.2) is 95.9 Å². The minimum Gasteiger partial charge on any atom is -0.463 e. The van der Waals surface area contributed by atoms with E-state index in [1.165, 1.54) is 57.8 Å². The lowest BCUT2D eigenvalue weighted by molar-refractivity contribution is -0.161. The Morgan fingerprint density at radius 3 is 0.963 bits per heavy atom. The van der Waals surface area contributed by atoms with E-state index in [0.29, 0.717) is 19.3 Å². The third-order valence-electron chi connectivity index (χ3n) is 12.9. The summed E-state index contributed by atoms with van der Waals surface area (Å²) in [5.41, 5.74) is 0. The van der Waals surface area contributed by atoms with Crippen LogP contribution in [0.25, 0.3) is 0 Å². The highest BCUT2D eigenvalue weighted by Crippen LogP contribution is 2.45. The van der Waals surface area contributed by atoms with E-state index in [4.69, 9.17) is 32.3 Å². The van der Waals surface area contributed by atoms with Gasteiger partial charge in [-0.2, -0.15) is 0 Å². The number of hydrogen-bond donors (Lipinski definition) is 4. The monoisotopic (exact) mass is 1190 g/mol. The van der Waals surface area contributed by atoms with Crippen LogP contribution in [0.2, 0.25) is 0 Å². The fourth-order valence-electron chi connectivity index (χ4n) is 8.01. The first kappa shape index (κ1) is 78.0. The molecule has 0 aliphatic carbocycles. The van der Waals surface area contributed by atoms with E-state index in [2.05, 4.69) is 93.7 Å². The van der Waals surface area contributed by atoms with Gasteiger partial charge >= 0.3 is 33.6 Å². The maximum absolute atomic E-state index is 12.9. The summed E-state index contributed by atoms with van der Waals surface area (Å²) in [6.45, 7) is 2.53. The molecule has 0 aromatic rings. The predicted molar refractivity (Wildman–Crippen MR) is 325 cm³/mol. The average molecular weight is 1190 g/mol. The summed E-state index contributed by atoms with van der Waals surface area (Å²) >= 11 is 0. The second-order valence-corrected chi connectivity index (χ2v) is 23.8. The summed E-state index contributed by atoms with van der Waals surface area (Å²) in [6, 6.07) is 0. The highest BCUT2D eigenvalue weighted by atomic mass is 31.2. The number of esters is 3. The quantitative estimate of drug-likeness (QED) is 0.0146. The SMILES string of the molecule is CCCCC/C=C\C/C=C\CCCCCCCC(=O)OCC(O)COP(=O)(O)OCC(O)COP(=O)(O)OCC(COC(=O)CCCCCCC/C=C\C/C=C\CCCCC)OC(=O)CCCCCCC/C=C\C/C=C\CCCCC. The van der Waals surface area contributed by atoms with Crippen LogP contribution >= 0.6 is 15.6 Å². The molecule has 0 amide bonds. The maximum Gasteiger partial charge on any atom is 0.472 e. The van der Waals surface area contributed by atoms with Gasteiger partial charge in [-0.05, 0) is 116 Å². The Balaban J connectivity index is 4.75. The lowest BCUT2D eigenvalue weighted by Gasteiger charge is -2.21. The first-order valence-electron chi connectivity index (χ1n) is 31.2. The fraction of sp³-hybridized carbons (Fsp3) is 0.762. The van der Waals surface area contributed by atoms with Gasteiger partial charge in [-0.15, -0.1) is 0 Å². The summed E-state index contributed by atoms with van der Waals surface area (Å²) in [7, 11) is -9.77. The van der Waals surface area contributed by atoms with Gasteiger partial charge in [-0.1, -0.05) is 190 Å². The number of hydrogen-bond acceptors (Lipinski definition) is 14. The first-order chi connectivity index (χ1) is 39.2. The fourth-order valence-corrected chi connectivity index (χ4v) is 9.60. The van der Waals surface area contributed by atoms with Gasteiger partial charge in [-0.25, -0.2) is 9.13 Å². The van der Waals surface area contributed by atoms with Gasteiger partial charge in [0.25, 0.3) is 0 Å². The van der Waals surface area contributed by atoms with Crippen molar-refractivity contribution in [1.82, 2.24) is 0 Å². The van der Waals surface area contributed by atoms with Crippen LogP contribution in [0.4, 0.5) is 0 Å². The molecule has 0 heterocycles. The standard InChI is InChI=1S/C63H112O16P2/c1-4-7-10-13-16-19-22-25-28-31-34-37-40-43-46-49-61(66)73-52-58(64)53-75-80(69,70)76-54-59(65)55-77-81(71,72)78-57-60(79-63(68)51-48-45-42-39-36-33-30-27-24-21-18-15-12-9-6-3)56-74-62(67)50-47-44-41-38-35-32-29-26-23-20-17-14-11-8-5-2/h16-21,25-30,58-60,64-65H,4-15,22-24,31-57H2,1-3H3,(H,69,70)(H,71,72)/b19-16-,20-17-,21-18-,28-25-,29-26-,30-27-. The topological polar surface area (TPSA) is 231 Å². The number of aliphatic hydroxyl groups is 2. The molecule has 0 saturated carbocycles. The van der Waals surface area contributed by atoms with Crippen molar-refractivity contribution >= 4 is 33.6 Å². The Morgan fingerprint density at radius 1 is 0.346 bits per heavy atom. The van der Waals surface area contributed by atoms with E-state index in [-0.39, 0.29) is 19.3 Å². The molecule has 4 N–H and O–H groups in total. The number of ether oxygens (including phenoxy) is 3. The Kier molecular flexibility index (Phi) is 55.3. The van der Waals surface area contributed by atoms with Gasteiger partial charge in [0, 0.05) is 19.3 Å². The number of carbonyl (C=O) groups excluding carboxylic acids is 3. The molecule has 16 nitrogen and oxygen atoms in total. The number of phosphoric ester groups is 2. The normalized spacial score (nSPS) is 14.9. The number of aliphatic hydroxyl groups excluding tert-OH is 2. The van der Waals surface area contributed by atoms with Crippen LogP contribution in [-0.2, 0) is 55.8 Å². The Labute approximate surface area is 490 Å². The van der Waals surface area contributed by atoms with Gasteiger partial charge in [0.1, 0.15) is 25.4 Å². The molecule has 0 aliphatic rings. The molecular weight excluding hydrogens is 1070 g/mol. The molecule has 0 rings (SSSR count). The molecule has 0 bridgehead atoms. The Morgan fingerprint density at radius 2 is 0.617 bits per heavy atom. The van der Waals surface area contributed by atoms with Crippen LogP contribution in [0.3, 0.4) is 0 Å². The summed E-state index contributed by atoms with van der Waals surface area (Å²) < 4.78 is 60.6. The minimum absolute atomic E-state index is 0.0857.